The van der Waals surface area contributed by atoms with Crippen molar-refractivity contribution >= 4 is 23.4 Å². The third-order valence-corrected chi connectivity index (χ3v) is 3.90. The van der Waals surface area contributed by atoms with Crippen molar-refractivity contribution in [1.29, 1.82) is 0 Å². The van der Waals surface area contributed by atoms with Gasteiger partial charge in [-0.25, -0.2) is 0 Å². The molecule has 0 saturated heterocycles. The first-order valence-electron chi connectivity index (χ1n) is 7.90. The van der Waals surface area contributed by atoms with Crippen molar-refractivity contribution in [1.82, 2.24) is 5.32 Å². The number of ether oxygens (including phenoxy) is 3. The van der Waals surface area contributed by atoms with Gasteiger partial charge < -0.3 is 25.3 Å². The van der Waals surface area contributed by atoms with Gasteiger partial charge in [-0.1, -0.05) is 23.7 Å². The van der Waals surface area contributed by atoms with Gasteiger partial charge >= 0.3 is 0 Å². The van der Waals surface area contributed by atoms with E-state index in [4.69, 9.17) is 31.5 Å². The Kier molecular flexibility index (Phi) is 5.48. The van der Waals surface area contributed by atoms with Crippen molar-refractivity contribution in [3.63, 3.8) is 0 Å². The Morgan fingerprint density at radius 2 is 2.00 bits per heavy atom. The molecule has 2 amide bonds. The summed E-state index contributed by atoms with van der Waals surface area (Å²) in [6, 6.07) is 11.8. The summed E-state index contributed by atoms with van der Waals surface area (Å²) in [4.78, 5) is 23.4. The van der Waals surface area contributed by atoms with Crippen LogP contribution in [0.3, 0.4) is 0 Å². The Bertz CT molecular complexity index is 827. The summed E-state index contributed by atoms with van der Waals surface area (Å²) in [5, 5.41) is 3.05. The summed E-state index contributed by atoms with van der Waals surface area (Å²) in [7, 11) is 0. The van der Waals surface area contributed by atoms with E-state index in [-0.39, 0.29) is 36.5 Å². The van der Waals surface area contributed by atoms with Crippen LogP contribution in [0.15, 0.2) is 42.5 Å². The highest BCUT2D eigenvalue weighted by Crippen LogP contribution is 2.30. The molecule has 26 heavy (non-hydrogen) atoms. The van der Waals surface area contributed by atoms with Crippen molar-refractivity contribution in [2.45, 2.75) is 6.10 Å². The number of nitrogens with one attached hydrogen (secondary N) is 1. The van der Waals surface area contributed by atoms with Gasteiger partial charge in [0, 0.05) is 5.02 Å². The number of halogens is 1. The van der Waals surface area contributed by atoms with Gasteiger partial charge in [-0.15, -0.1) is 0 Å². The second kappa shape index (κ2) is 7.97. The molecule has 1 aliphatic heterocycles. The number of nitrogens with two attached hydrogens (primary N) is 1. The Balaban J connectivity index is 1.49. The van der Waals surface area contributed by atoms with Crippen LogP contribution in [0.25, 0.3) is 0 Å². The van der Waals surface area contributed by atoms with E-state index < -0.39 is 5.91 Å². The number of hydrogen-bond acceptors (Lipinski definition) is 5. The van der Waals surface area contributed by atoms with Gasteiger partial charge in [0.25, 0.3) is 11.8 Å². The zero-order valence-corrected chi connectivity index (χ0v) is 14.5. The molecular formula is C18H17ClN2O5. The molecule has 2 aromatic carbocycles. The zero-order chi connectivity index (χ0) is 18.5. The van der Waals surface area contributed by atoms with Crippen molar-refractivity contribution in [3.8, 4) is 17.2 Å². The van der Waals surface area contributed by atoms with Crippen molar-refractivity contribution in [2.75, 3.05) is 19.8 Å². The molecule has 0 radical (unpaired) electrons. The predicted molar refractivity (Wildman–Crippen MR) is 94.8 cm³/mol. The fourth-order valence-corrected chi connectivity index (χ4v) is 2.58. The van der Waals surface area contributed by atoms with Gasteiger partial charge in [0.2, 0.25) is 0 Å². The van der Waals surface area contributed by atoms with E-state index in [1.165, 1.54) is 12.1 Å². The number of rotatable bonds is 6. The molecule has 1 unspecified atom stereocenters. The molecule has 3 rings (SSSR count). The summed E-state index contributed by atoms with van der Waals surface area (Å²) in [6.07, 6.45) is -0.300. The fraction of sp³-hybridized carbons (Fsp3) is 0.222. The summed E-state index contributed by atoms with van der Waals surface area (Å²) in [5.41, 5.74) is 5.39. The molecule has 2 aromatic rings. The van der Waals surface area contributed by atoms with Crippen LogP contribution in [0, 0.1) is 0 Å². The quantitative estimate of drug-likeness (QED) is 0.800. The second-order valence-corrected chi connectivity index (χ2v) is 6.03. The third-order valence-electron chi connectivity index (χ3n) is 3.66. The number of carbonyl (C=O) groups excluding carboxylic acids is 2. The van der Waals surface area contributed by atoms with Crippen LogP contribution in [0.5, 0.6) is 17.2 Å². The molecule has 7 nitrogen and oxygen atoms in total. The number of amides is 2. The van der Waals surface area contributed by atoms with E-state index in [0.29, 0.717) is 23.1 Å². The first-order valence-corrected chi connectivity index (χ1v) is 8.28. The average Bonchev–Trinajstić information content (AvgIpc) is 2.65. The van der Waals surface area contributed by atoms with Crippen LogP contribution in [0.4, 0.5) is 0 Å². The van der Waals surface area contributed by atoms with Crippen LogP contribution in [-0.2, 0) is 4.79 Å². The first kappa shape index (κ1) is 17.9. The van der Waals surface area contributed by atoms with E-state index >= 15 is 0 Å². The molecule has 1 heterocycles. The van der Waals surface area contributed by atoms with Gasteiger partial charge in [0.05, 0.1) is 12.1 Å². The van der Waals surface area contributed by atoms with Crippen LogP contribution >= 0.6 is 11.6 Å². The van der Waals surface area contributed by atoms with E-state index in [0.717, 1.165) is 0 Å². The monoisotopic (exact) mass is 376 g/mol. The average molecular weight is 377 g/mol. The van der Waals surface area contributed by atoms with Gasteiger partial charge in [-0.05, 0) is 30.3 Å². The van der Waals surface area contributed by atoms with E-state index in [9.17, 15) is 9.59 Å². The molecule has 1 atom stereocenters. The molecule has 3 N–H and O–H groups in total. The molecule has 0 fully saturated rings. The lowest BCUT2D eigenvalue weighted by Gasteiger charge is -2.26. The maximum Gasteiger partial charge on any atom is 0.258 e. The minimum absolute atomic E-state index is 0.117. The molecule has 1 aliphatic rings. The Morgan fingerprint density at radius 3 is 2.77 bits per heavy atom. The normalized spacial score (nSPS) is 15.2. The Labute approximate surface area is 155 Å². The lowest BCUT2D eigenvalue weighted by Crippen LogP contribution is -2.42. The first-order chi connectivity index (χ1) is 12.5. The maximum atomic E-state index is 12.0. The lowest BCUT2D eigenvalue weighted by atomic mass is 10.2. The van der Waals surface area contributed by atoms with Gasteiger partial charge in [0.15, 0.2) is 18.1 Å². The number of benzene rings is 2. The summed E-state index contributed by atoms with van der Waals surface area (Å²) < 4.78 is 16.7. The van der Waals surface area contributed by atoms with E-state index in [2.05, 4.69) is 5.32 Å². The van der Waals surface area contributed by atoms with E-state index in [1.807, 2.05) is 18.2 Å². The minimum atomic E-state index is -0.686. The standard InChI is InChI=1S/C18H17ClN2O5/c19-11-5-6-14(13(7-11)18(20)23)25-10-17(22)21-8-12-9-24-15-3-1-2-4-16(15)26-12/h1-7,12H,8-10H2,(H2,20,23)(H,21,22). The number of fused-ring (bicyclic) bond motifs is 1. The maximum absolute atomic E-state index is 12.0. The number of carbonyl (C=O) groups is 2. The molecule has 8 heteroatoms. The highest BCUT2D eigenvalue weighted by atomic mass is 35.5. The van der Waals surface area contributed by atoms with Crippen LogP contribution < -0.4 is 25.3 Å². The molecule has 136 valence electrons. The zero-order valence-electron chi connectivity index (χ0n) is 13.7. The highest BCUT2D eigenvalue weighted by Gasteiger charge is 2.21. The largest absolute Gasteiger partial charge is 0.486 e. The molecule has 0 aliphatic carbocycles. The SMILES string of the molecule is NC(=O)c1cc(Cl)ccc1OCC(=O)NCC1COc2ccccc2O1. The summed E-state index contributed by atoms with van der Waals surface area (Å²) in [5.74, 6) is 0.469. The van der Waals surface area contributed by atoms with Crippen LogP contribution in [0.1, 0.15) is 10.4 Å². The summed E-state index contributed by atoms with van der Waals surface area (Å²) in [6.45, 7) is 0.326. The summed E-state index contributed by atoms with van der Waals surface area (Å²) >= 11 is 5.83. The smallest absolute Gasteiger partial charge is 0.258 e. The fourth-order valence-electron chi connectivity index (χ4n) is 2.41. The third kappa shape index (κ3) is 4.37. The van der Waals surface area contributed by atoms with E-state index in [1.54, 1.807) is 12.1 Å². The Hall–Kier alpha value is -2.93. The van der Waals surface area contributed by atoms with Crippen molar-refractivity contribution in [3.05, 3.63) is 53.1 Å². The number of para-hydroxylation sites is 2. The Morgan fingerprint density at radius 1 is 1.23 bits per heavy atom. The number of hydrogen-bond donors (Lipinski definition) is 2. The number of primary amides is 1. The molecule has 0 aromatic heterocycles. The second-order valence-electron chi connectivity index (χ2n) is 5.60. The van der Waals surface area contributed by atoms with Crippen molar-refractivity contribution < 1.29 is 23.8 Å². The molecule has 0 spiro atoms. The van der Waals surface area contributed by atoms with Gasteiger partial charge in [-0.3, -0.25) is 9.59 Å². The van der Waals surface area contributed by atoms with Gasteiger partial charge in [-0.2, -0.15) is 0 Å². The minimum Gasteiger partial charge on any atom is -0.486 e. The molecule has 0 saturated carbocycles. The van der Waals surface area contributed by atoms with Gasteiger partial charge in [0.1, 0.15) is 18.5 Å². The molecular weight excluding hydrogens is 360 g/mol. The lowest BCUT2D eigenvalue weighted by molar-refractivity contribution is -0.123. The highest BCUT2D eigenvalue weighted by molar-refractivity contribution is 6.31. The van der Waals surface area contributed by atoms with Crippen molar-refractivity contribution in [2.24, 2.45) is 5.73 Å². The van der Waals surface area contributed by atoms with Crippen LogP contribution in [-0.4, -0.2) is 37.7 Å². The molecule has 0 bridgehead atoms. The van der Waals surface area contributed by atoms with Crippen LogP contribution in [0.2, 0.25) is 5.02 Å². The predicted octanol–water partition coefficient (Wildman–Crippen LogP) is 1.77. The topological polar surface area (TPSA) is 99.9 Å².